The van der Waals surface area contributed by atoms with E-state index in [4.69, 9.17) is 0 Å². The molecule has 1 saturated heterocycles. The van der Waals surface area contributed by atoms with Gasteiger partial charge < -0.3 is 4.90 Å². The molecule has 1 aliphatic rings. The highest BCUT2D eigenvalue weighted by atomic mass is 15.3. The number of nitrogens with one attached hydrogen (secondary N) is 1. The number of rotatable bonds is 6. The van der Waals surface area contributed by atoms with Crippen LogP contribution in [0.2, 0.25) is 0 Å². The van der Waals surface area contributed by atoms with Gasteiger partial charge in [-0.05, 0) is 32.5 Å². The van der Waals surface area contributed by atoms with Crippen LogP contribution in [0.1, 0.15) is 45.0 Å². The molecule has 102 valence electrons. The standard InChI is InChI=1S/C13H25N5/c1-3-17(4-2)9-10-18-8-6-5-7-12(18)13-14-11-15-16-13/h11-12H,3-10H2,1-2H3,(H,14,15,16)/t12-/m0/s1. The molecule has 5 heteroatoms. The van der Waals surface area contributed by atoms with Crippen LogP contribution in [0.4, 0.5) is 0 Å². The van der Waals surface area contributed by atoms with Crippen LogP contribution in [0.25, 0.3) is 0 Å². The molecule has 0 bridgehead atoms. The van der Waals surface area contributed by atoms with Gasteiger partial charge in [0.05, 0.1) is 6.04 Å². The molecular formula is C13H25N5. The summed E-state index contributed by atoms with van der Waals surface area (Å²) in [5, 5.41) is 7.02. The second-order valence-electron chi connectivity index (χ2n) is 4.95. The van der Waals surface area contributed by atoms with E-state index >= 15 is 0 Å². The fourth-order valence-electron chi connectivity index (χ4n) is 2.75. The molecule has 0 unspecified atom stereocenters. The van der Waals surface area contributed by atoms with Gasteiger partial charge in [-0.1, -0.05) is 20.3 Å². The van der Waals surface area contributed by atoms with Crippen LogP contribution in [0.3, 0.4) is 0 Å². The summed E-state index contributed by atoms with van der Waals surface area (Å²) in [6, 6.07) is 0.441. The van der Waals surface area contributed by atoms with E-state index in [9.17, 15) is 0 Å². The molecule has 1 N–H and O–H groups in total. The molecular weight excluding hydrogens is 226 g/mol. The number of likely N-dealkylation sites (N-methyl/N-ethyl adjacent to an activating group) is 1. The topological polar surface area (TPSA) is 48.1 Å². The Morgan fingerprint density at radius 1 is 1.39 bits per heavy atom. The van der Waals surface area contributed by atoms with Crippen molar-refractivity contribution in [1.29, 1.82) is 0 Å². The molecule has 1 aliphatic heterocycles. The molecule has 0 radical (unpaired) electrons. The van der Waals surface area contributed by atoms with Crippen LogP contribution in [0.15, 0.2) is 6.33 Å². The lowest BCUT2D eigenvalue weighted by molar-refractivity contribution is 0.123. The highest BCUT2D eigenvalue weighted by molar-refractivity contribution is 4.94. The van der Waals surface area contributed by atoms with Crippen molar-refractivity contribution in [2.45, 2.75) is 39.2 Å². The second kappa shape index (κ2) is 6.85. The molecule has 1 aromatic heterocycles. The van der Waals surface area contributed by atoms with Crippen molar-refractivity contribution in [2.24, 2.45) is 0 Å². The number of likely N-dealkylation sites (tertiary alicyclic amines) is 1. The molecule has 0 aromatic carbocycles. The van der Waals surface area contributed by atoms with Crippen molar-refractivity contribution >= 4 is 0 Å². The fraction of sp³-hybridized carbons (Fsp3) is 0.846. The molecule has 1 aromatic rings. The van der Waals surface area contributed by atoms with E-state index < -0.39 is 0 Å². The maximum absolute atomic E-state index is 4.34. The molecule has 5 nitrogen and oxygen atoms in total. The zero-order valence-electron chi connectivity index (χ0n) is 11.6. The molecule has 0 aliphatic carbocycles. The van der Waals surface area contributed by atoms with Crippen LogP contribution >= 0.6 is 0 Å². The summed E-state index contributed by atoms with van der Waals surface area (Å²) in [7, 11) is 0. The maximum atomic E-state index is 4.34. The second-order valence-corrected chi connectivity index (χ2v) is 4.95. The summed E-state index contributed by atoms with van der Waals surface area (Å²) in [5.41, 5.74) is 0. The summed E-state index contributed by atoms with van der Waals surface area (Å²) < 4.78 is 0. The van der Waals surface area contributed by atoms with Gasteiger partial charge in [-0.15, -0.1) is 0 Å². The van der Waals surface area contributed by atoms with Crippen molar-refractivity contribution in [3.05, 3.63) is 12.2 Å². The maximum Gasteiger partial charge on any atom is 0.141 e. The van der Waals surface area contributed by atoms with E-state index in [1.807, 2.05) is 0 Å². The van der Waals surface area contributed by atoms with Crippen LogP contribution in [0, 0.1) is 0 Å². The Kier molecular flexibility index (Phi) is 5.13. The smallest absolute Gasteiger partial charge is 0.141 e. The summed E-state index contributed by atoms with van der Waals surface area (Å²) >= 11 is 0. The van der Waals surface area contributed by atoms with Crippen LogP contribution < -0.4 is 0 Å². The largest absolute Gasteiger partial charge is 0.303 e. The highest BCUT2D eigenvalue weighted by Gasteiger charge is 2.25. The lowest BCUT2D eigenvalue weighted by Gasteiger charge is -2.35. The lowest BCUT2D eigenvalue weighted by Crippen LogP contribution is -2.40. The van der Waals surface area contributed by atoms with Gasteiger partial charge in [0.2, 0.25) is 0 Å². The number of H-pyrrole nitrogens is 1. The van der Waals surface area contributed by atoms with E-state index in [2.05, 4.69) is 38.8 Å². The monoisotopic (exact) mass is 251 g/mol. The highest BCUT2D eigenvalue weighted by Crippen LogP contribution is 2.27. The Hall–Kier alpha value is -0.940. The molecule has 2 heterocycles. The van der Waals surface area contributed by atoms with Crippen molar-refractivity contribution in [3.8, 4) is 0 Å². The van der Waals surface area contributed by atoms with Crippen molar-refractivity contribution in [3.63, 3.8) is 0 Å². The van der Waals surface area contributed by atoms with Gasteiger partial charge >= 0.3 is 0 Å². The summed E-state index contributed by atoms with van der Waals surface area (Å²) in [6.45, 7) is 10.2. The average Bonchev–Trinajstić information content (AvgIpc) is 2.94. The number of aromatic nitrogens is 3. The van der Waals surface area contributed by atoms with Crippen LogP contribution in [-0.2, 0) is 0 Å². The number of hydrogen-bond acceptors (Lipinski definition) is 4. The first-order valence-electron chi connectivity index (χ1n) is 7.16. The number of piperidine rings is 1. The molecule has 0 amide bonds. The first-order valence-corrected chi connectivity index (χ1v) is 7.16. The van der Waals surface area contributed by atoms with Gasteiger partial charge in [0.25, 0.3) is 0 Å². The van der Waals surface area contributed by atoms with Gasteiger partial charge in [-0.2, -0.15) is 5.10 Å². The Morgan fingerprint density at radius 3 is 2.89 bits per heavy atom. The number of aromatic amines is 1. The third kappa shape index (κ3) is 3.29. The molecule has 1 fully saturated rings. The van der Waals surface area contributed by atoms with Gasteiger partial charge in [-0.3, -0.25) is 10.00 Å². The Morgan fingerprint density at radius 2 is 2.22 bits per heavy atom. The Balaban J connectivity index is 1.92. The first kappa shape index (κ1) is 13.5. The number of nitrogens with zero attached hydrogens (tertiary/aromatic N) is 4. The molecule has 2 rings (SSSR count). The van der Waals surface area contributed by atoms with E-state index in [-0.39, 0.29) is 0 Å². The normalized spacial score (nSPS) is 21.6. The molecule has 0 spiro atoms. The van der Waals surface area contributed by atoms with E-state index in [1.54, 1.807) is 6.33 Å². The summed E-state index contributed by atoms with van der Waals surface area (Å²) in [4.78, 5) is 9.37. The lowest BCUT2D eigenvalue weighted by atomic mass is 10.0. The molecule has 18 heavy (non-hydrogen) atoms. The average molecular weight is 251 g/mol. The SMILES string of the molecule is CCN(CC)CCN1CCCC[C@H]1c1ncn[nH]1. The molecule has 1 atom stereocenters. The van der Waals surface area contributed by atoms with E-state index in [0.717, 1.165) is 32.0 Å². The fourth-order valence-corrected chi connectivity index (χ4v) is 2.75. The number of hydrogen-bond donors (Lipinski definition) is 1. The minimum Gasteiger partial charge on any atom is -0.303 e. The predicted molar refractivity (Wildman–Crippen MR) is 72.3 cm³/mol. The van der Waals surface area contributed by atoms with Crippen molar-refractivity contribution in [2.75, 3.05) is 32.7 Å². The van der Waals surface area contributed by atoms with Crippen molar-refractivity contribution in [1.82, 2.24) is 25.0 Å². The first-order chi connectivity index (χ1) is 8.85. The van der Waals surface area contributed by atoms with Gasteiger partial charge in [0.1, 0.15) is 12.2 Å². The van der Waals surface area contributed by atoms with Gasteiger partial charge in [0.15, 0.2) is 0 Å². The van der Waals surface area contributed by atoms with E-state index in [1.165, 1.54) is 25.8 Å². The van der Waals surface area contributed by atoms with E-state index in [0.29, 0.717) is 6.04 Å². The molecule has 0 saturated carbocycles. The Bertz CT molecular complexity index is 320. The van der Waals surface area contributed by atoms with Crippen LogP contribution in [-0.4, -0.2) is 57.7 Å². The third-order valence-corrected chi connectivity index (χ3v) is 3.96. The third-order valence-electron chi connectivity index (χ3n) is 3.96. The predicted octanol–water partition coefficient (Wildman–Crippen LogP) is 1.67. The Labute approximate surface area is 110 Å². The zero-order chi connectivity index (χ0) is 12.8. The van der Waals surface area contributed by atoms with Gasteiger partial charge in [0, 0.05) is 13.1 Å². The minimum atomic E-state index is 0.441. The summed E-state index contributed by atoms with van der Waals surface area (Å²) in [5.74, 6) is 1.04. The van der Waals surface area contributed by atoms with Gasteiger partial charge in [-0.25, -0.2) is 4.98 Å². The quantitative estimate of drug-likeness (QED) is 0.835. The minimum absolute atomic E-state index is 0.441. The zero-order valence-corrected chi connectivity index (χ0v) is 11.6. The summed E-state index contributed by atoms with van der Waals surface area (Å²) in [6.07, 6.45) is 5.43. The van der Waals surface area contributed by atoms with Crippen LogP contribution in [0.5, 0.6) is 0 Å². The van der Waals surface area contributed by atoms with Crippen molar-refractivity contribution < 1.29 is 0 Å².